The third-order valence-corrected chi connectivity index (χ3v) is 5.82. The van der Waals surface area contributed by atoms with Crippen LogP contribution in [0.1, 0.15) is 50.4 Å². The highest BCUT2D eigenvalue weighted by Gasteiger charge is 2.19. The van der Waals surface area contributed by atoms with Gasteiger partial charge in [0, 0.05) is 20.1 Å². The zero-order valence-electron chi connectivity index (χ0n) is 16.7. The van der Waals surface area contributed by atoms with Gasteiger partial charge in [0.2, 0.25) is 10.0 Å². The number of amides is 1. The predicted molar refractivity (Wildman–Crippen MR) is 104 cm³/mol. The number of carbonyl (C=O) groups is 2. The molecule has 0 aromatic heterocycles. The molecule has 0 bridgehead atoms. The monoisotopic (exact) mass is 398 g/mol. The Morgan fingerprint density at radius 3 is 2.41 bits per heavy atom. The second kappa shape index (κ2) is 10.4. The molecule has 0 aliphatic carbocycles. The van der Waals surface area contributed by atoms with Crippen LogP contribution in [0.4, 0.5) is 0 Å². The van der Waals surface area contributed by atoms with Gasteiger partial charge in [0.15, 0.2) is 6.61 Å². The van der Waals surface area contributed by atoms with E-state index in [1.807, 2.05) is 6.92 Å². The lowest BCUT2D eigenvalue weighted by molar-refractivity contribution is -0.124. The molecule has 0 fully saturated rings. The van der Waals surface area contributed by atoms with Gasteiger partial charge in [-0.15, -0.1) is 0 Å². The Labute approximate surface area is 162 Å². The van der Waals surface area contributed by atoms with Crippen molar-refractivity contribution >= 4 is 21.9 Å². The molecule has 1 amide bonds. The summed E-state index contributed by atoms with van der Waals surface area (Å²) in [4.78, 5) is 24.0. The number of sulfonamides is 1. The lowest BCUT2D eigenvalue weighted by Gasteiger charge is -2.15. The predicted octanol–water partition coefficient (Wildman–Crippen LogP) is 2.42. The van der Waals surface area contributed by atoms with Gasteiger partial charge >= 0.3 is 5.97 Å². The lowest BCUT2D eigenvalue weighted by atomic mass is 10.0. The first-order chi connectivity index (χ1) is 12.5. The Morgan fingerprint density at radius 1 is 1.15 bits per heavy atom. The van der Waals surface area contributed by atoms with E-state index in [-0.39, 0.29) is 22.4 Å². The number of hydrogen-bond acceptors (Lipinski definition) is 5. The molecule has 27 heavy (non-hydrogen) atoms. The molecule has 7 nitrogen and oxygen atoms in total. The fourth-order valence-corrected chi connectivity index (χ4v) is 3.38. The molecule has 1 N–H and O–H groups in total. The first-order valence-corrected chi connectivity index (χ1v) is 10.5. The van der Waals surface area contributed by atoms with E-state index in [4.69, 9.17) is 4.74 Å². The molecule has 1 aromatic carbocycles. The van der Waals surface area contributed by atoms with Crippen LogP contribution in [0.25, 0.3) is 0 Å². The van der Waals surface area contributed by atoms with E-state index in [0.717, 1.165) is 23.6 Å². The number of nitrogens with one attached hydrogen (secondary N) is 1. The van der Waals surface area contributed by atoms with Gasteiger partial charge in [0.1, 0.15) is 0 Å². The molecule has 0 radical (unpaired) electrons. The van der Waals surface area contributed by atoms with Gasteiger partial charge in [-0.2, -0.15) is 0 Å². The Balaban J connectivity index is 2.56. The zero-order valence-corrected chi connectivity index (χ0v) is 17.5. The highest BCUT2D eigenvalue weighted by atomic mass is 32.2. The maximum absolute atomic E-state index is 12.1. The van der Waals surface area contributed by atoms with Crippen molar-refractivity contribution in [2.75, 3.05) is 20.7 Å². The quantitative estimate of drug-likeness (QED) is 0.611. The maximum Gasteiger partial charge on any atom is 0.338 e. The van der Waals surface area contributed by atoms with Gasteiger partial charge in [-0.25, -0.2) is 17.5 Å². The molecule has 0 aliphatic heterocycles. The van der Waals surface area contributed by atoms with Crippen LogP contribution in [0.3, 0.4) is 0 Å². The summed E-state index contributed by atoms with van der Waals surface area (Å²) >= 11 is 0. The fourth-order valence-electron chi connectivity index (χ4n) is 2.43. The van der Waals surface area contributed by atoms with Crippen LogP contribution in [-0.2, 0) is 19.6 Å². The van der Waals surface area contributed by atoms with Crippen molar-refractivity contribution in [2.45, 2.75) is 51.0 Å². The fraction of sp³-hybridized carbons (Fsp3) is 0.579. The molecule has 0 saturated heterocycles. The molecule has 1 atom stereocenters. The van der Waals surface area contributed by atoms with Gasteiger partial charge in [-0.1, -0.05) is 32.8 Å². The third kappa shape index (κ3) is 7.68. The summed E-state index contributed by atoms with van der Waals surface area (Å²) in [5.41, 5.74) is 0.0794. The third-order valence-electron chi connectivity index (χ3n) is 4.01. The van der Waals surface area contributed by atoms with Crippen LogP contribution >= 0.6 is 0 Å². The van der Waals surface area contributed by atoms with E-state index in [0.29, 0.717) is 5.92 Å². The topological polar surface area (TPSA) is 92.8 Å². The van der Waals surface area contributed by atoms with Crippen molar-refractivity contribution in [2.24, 2.45) is 5.92 Å². The van der Waals surface area contributed by atoms with Gasteiger partial charge < -0.3 is 10.1 Å². The molecule has 0 spiro atoms. The molecule has 1 rings (SSSR count). The van der Waals surface area contributed by atoms with Crippen LogP contribution in [0.5, 0.6) is 0 Å². The van der Waals surface area contributed by atoms with E-state index in [9.17, 15) is 18.0 Å². The minimum Gasteiger partial charge on any atom is -0.452 e. The van der Waals surface area contributed by atoms with Crippen molar-refractivity contribution < 1.29 is 22.7 Å². The average molecular weight is 399 g/mol. The highest BCUT2D eigenvalue weighted by molar-refractivity contribution is 7.89. The summed E-state index contributed by atoms with van der Waals surface area (Å²) < 4.78 is 30.3. The molecule has 0 heterocycles. The van der Waals surface area contributed by atoms with Gasteiger partial charge in [-0.3, -0.25) is 4.79 Å². The van der Waals surface area contributed by atoms with Crippen LogP contribution in [0.15, 0.2) is 29.2 Å². The van der Waals surface area contributed by atoms with Crippen LogP contribution in [0.2, 0.25) is 0 Å². The Morgan fingerprint density at radius 2 is 1.81 bits per heavy atom. The maximum atomic E-state index is 12.1. The van der Waals surface area contributed by atoms with Crippen molar-refractivity contribution in [3.05, 3.63) is 29.8 Å². The molecular weight excluding hydrogens is 368 g/mol. The van der Waals surface area contributed by atoms with E-state index < -0.39 is 22.6 Å². The minimum absolute atomic E-state index is 0.00325. The van der Waals surface area contributed by atoms with E-state index in [1.54, 1.807) is 0 Å². The summed E-state index contributed by atoms with van der Waals surface area (Å²) in [6, 6.07) is 5.55. The number of hydrogen-bond donors (Lipinski definition) is 1. The smallest absolute Gasteiger partial charge is 0.338 e. The number of rotatable bonds is 10. The molecule has 1 aromatic rings. The van der Waals surface area contributed by atoms with E-state index in [2.05, 4.69) is 19.2 Å². The second-order valence-electron chi connectivity index (χ2n) is 7.18. The molecule has 0 saturated carbocycles. The molecule has 0 aliphatic rings. The standard InChI is InChI=1S/C19H30N2O5S/c1-14(2)8-6-9-15(3)20-18(22)13-26-19(23)16-10-7-11-17(12-16)27(24,25)21(4)5/h7,10-12,14-15H,6,8-9,13H2,1-5H3,(H,20,22)/t15-/m1/s1. The first kappa shape index (κ1) is 23.1. The second-order valence-corrected chi connectivity index (χ2v) is 9.34. The van der Waals surface area contributed by atoms with Gasteiger partial charge in [0.25, 0.3) is 5.91 Å². The van der Waals surface area contributed by atoms with Crippen LogP contribution < -0.4 is 5.32 Å². The van der Waals surface area contributed by atoms with E-state index in [1.165, 1.54) is 38.4 Å². The SMILES string of the molecule is CC(C)CCC[C@@H](C)NC(=O)COC(=O)c1cccc(S(=O)(=O)N(C)C)c1. The normalized spacial score (nSPS) is 12.9. The summed E-state index contributed by atoms with van der Waals surface area (Å²) in [5.74, 6) is -0.494. The number of ether oxygens (including phenoxy) is 1. The molecule has 0 unspecified atom stereocenters. The Hall–Kier alpha value is -1.93. The Kier molecular flexibility index (Phi) is 8.92. The highest BCUT2D eigenvalue weighted by Crippen LogP contribution is 2.15. The number of esters is 1. The largest absolute Gasteiger partial charge is 0.452 e. The molecular formula is C19H30N2O5S. The number of nitrogens with zero attached hydrogens (tertiary/aromatic N) is 1. The first-order valence-electron chi connectivity index (χ1n) is 9.03. The average Bonchev–Trinajstić information content (AvgIpc) is 2.59. The van der Waals surface area contributed by atoms with Crippen molar-refractivity contribution in [3.8, 4) is 0 Å². The summed E-state index contributed by atoms with van der Waals surface area (Å²) in [6.45, 7) is 5.82. The lowest BCUT2D eigenvalue weighted by Crippen LogP contribution is -2.35. The minimum atomic E-state index is -3.65. The molecule has 152 valence electrons. The van der Waals surface area contributed by atoms with Crippen LogP contribution in [-0.4, -0.2) is 51.3 Å². The van der Waals surface area contributed by atoms with Crippen molar-refractivity contribution in [1.29, 1.82) is 0 Å². The number of benzene rings is 1. The zero-order chi connectivity index (χ0) is 20.6. The van der Waals surface area contributed by atoms with Crippen molar-refractivity contribution in [1.82, 2.24) is 9.62 Å². The molecule has 8 heteroatoms. The number of carbonyl (C=O) groups excluding carboxylic acids is 2. The van der Waals surface area contributed by atoms with E-state index >= 15 is 0 Å². The Bertz CT molecular complexity index is 744. The summed E-state index contributed by atoms with van der Waals surface area (Å²) in [7, 11) is -0.830. The summed E-state index contributed by atoms with van der Waals surface area (Å²) in [6.07, 6.45) is 2.98. The van der Waals surface area contributed by atoms with Gasteiger partial charge in [0.05, 0.1) is 10.5 Å². The van der Waals surface area contributed by atoms with Crippen LogP contribution in [0, 0.1) is 5.92 Å². The summed E-state index contributed by atoms with van der Waals surface area (Å²) in [5, 5.41) is 2.79. The van der Waals surface area contributed by atoms with Crippen molar-refractivity contribution in [3.63, 3.8) is 0 Å². The van der Waals surface area contributed by atoms with Gasteiger partial charge in [-0.05, 0) is 37.5 Å².